The summed E-state index contributed by atoms with van der Waals surface area (Å²) in [6, 6.07) is 5.87. The van der Waals surface area contributed by atoms with Crippen LogP contribution in [0.25, 0.3) is 0 Å². The van der Waals surface area contributed by atoms with Crippen molar-refractivity contribution < 1.29 is 14.1 Å². The number of ether oxygens (including phenoxy) is 1. The van der Waals surface area contributed by atoms with E-state index in [2.05, 4.69) is 10.1 Å². The molecule has 0 N–H and O–H groups in total. The lowest BCUT2D eigenvalue weighted by Gasteiger charge is -2.31. The Labute approximate surface area is 134 Å². The standard InChI is InChI=1S/C17H19N3O3/c1-11-18-16(19-23-11)13-3-2-6-20(8-13)17(21)12-4-5-14-9-22-10-15(14)7-12/h4-5,7,13H,2-3,6,8-10H2,1H3/t13-/m0/s1. The van der Waals surface area contributed by atoms with Crippen LogP contribution in [-0.2, 0) is 18.0 Å². The Morgan fingerprint density at radius 3 is 3.00 bits per heavy atom. The molecular weight excluding hydrogens is 294 g/mol. The second-order valence-corrected chi connectivity index (χ2v) is 6.24. The number of carbonyl (C=O) groups excluding carboxylic acids is 1. The van der Waals surface area contributed by atoms with Crippen LogP contribution in [0, 0.1) is 6.92 Å². The second-order valence-electron chi connectivity index (χ2n) is 6.24. The Morgan fingerprint density at radius 2 is 2.17 bits per heavy atom. The van der Waals surface area contributed by atoms with Gasteiger partial charge in [-0.2, -0.15) is 4.98 Å². The molecule has 0 aliphatic carbocycles. The number of benzene rings is 1. The molecule has 120 valence electrons. The molecule has 0 radical (unpaired) electrons. The third kappa shape index (κ3) is 2.74. The molecule has 4 rings (SSSR count). The van der Waals surface area contributed by atoms with E-state index >= 15 is 0 Å². The molecular formula is C17H19N3O3. The van der Waals surface area contributed by atoms with Crippen LogP contribution in [-0.4, -0.2) is 34.0 Å². The van der Waals surface area contributed by atoms with Crippen LogP contribution in [0.1, 0.15) is 52.0 Å². The van der Waals surface area contributed by atoms with Gasteiger partial charge in [-0.05, 0) is 36.1 Å². The summed E-state index contributed by atoms with van der Waals surface area (Å²) in [4.78, 5) is 19.0. The van der Waals surface area contributed by atoms with E-state index in [4.69, 9.17) is 9.26 Å². The third-order valence-electron chi connectivity index (χ3n) is 4.59. The van der Waals surface area contributed by atoms with Gasteiger partial charge in [0.15, 0.2) is 5.82 Å². The van der Waals surface area contributed by atoms with E-state index < -0.39 is 0 Å². The first-order valence-corrected chi connectivity index (χ1v) is 8.00. The highest BCUT2D eigenvalue weighted by Gasteiger charge is 2.28. The Balaban J connectivity index is 1.51. The Morgan fingerprint density at radius 1 is 1.30 bits per heavy atom. The maximum atomic E-state index is 12.8. The van der Waals surface area contributed by atoms with Crippen LogP contribution < -0.4 is 0 Å². The molecule has 2 aliphatic heterocycles. The predicted molar refractivity (Wildman–Crippen MR) is 81.8 cm³/mol. The number of likely N-dealkylation sites (tertiary alicyclic amines) is 1. The maximum absolute atomic E-state index is 12.8. The largest absolute Gasteiger partial charge is 0.372 e. The minimum atomic E-state index is 0.0737. The van der Waals surface area contributed by atoms with E-state index in [0.717, 1.165) is 30.5 Å². The van der Waals surface area contributed by atoms with Crippen molar-refractivity contribution in [3.63, 3.8) is 0 Å². The summed E-state index contributed by atoms with van der Waals surface area (Å²) in [6.45, 7) is 4.45. The van der Waals surface area contributed by atoms with Crippen molar-refractivity contribution in [3.8, 4) is 0 Å². The SMILES string of the molecule is Cc1nc([C@H]2CCCN(C(=O)c3ccc4c(c3)COC4)C2)no1. The molecule has 1 atom stereocenters. The highest BCUT2D eigenvalue weighted by molar-refractivity contribution is 5.94. The molecule has 0 saturated carbocycles. The summed E-state index contributed by atoms with van der Waals surface area (Å²) in [5.41, 5.74) is 3.04. The highest BCUT2D eigenvalue weighted by Crippen LogP contribution is 2.27. The number of piperidine rings is 1. The molecule has 0 spiro atoms. The zero-order valence-corrected chi connectivity index (χ0v) is 13.1. The average Bonchev–Trinajstić information content (AvgIpc) is 3.22. The van der Waals surface area contributed by atoms with E-state index in [1.54, 1.807) is 6.92 Å². The number of aromatic nitrogens is 2. The van der Waals surface area contributed by atoms with Crippen LogP contribution in [0.15, 0.2) is 22.7 Å². The van der Waals surface area contributed by atoms with E-state index in [1.165, 1.54) is 5.56 Å². The number of hydrogen-bond donors (Lipinski definition) is 0. The van der Waals surface area contributed by atoms with Gasteiger partial charge in [-0.25, -0.2) is 0 Å². The topological polar surface area (TPSA) is 68.5 Å². The smallest absolute Gasteiger partial charge is 0.253 e. The number of carbonyl (C=O) groups is 1. The molecule has 1 saturated heterocycles. The summed E-state index contributed by atoms with van der Waals surface area (Å²) >= 11 is 0. The average molecular weight is 313 g/mol. The van der Waals surface area contributed by atoms with Gasteiger partial charge in [-0.15, -0.1) is 0 Å². The molecule has 1 amide bonds. The lowest BCUT2D eigenvalue weighted by atomic mass is 9.96. The maximum Gasteiger partial charge on any atom is 0.253 e. The van der Waals surface area contributed by atoms with Crippen molar-refractivity contribution in [1.82, 2.24) is 15.0 Å². The van der Waals surface area contributed by atoms with Gasteiger partial charge in [-0.3, -0.25) is 4.79 Å². The lowest BCUT2D eigenvalue weighted by molar-refractivity contribution is 0.0703. The van der Waals surface area contributed by atoms with Gasteiger partial charge < -0.3 is 14.2 Å². The summed E-state index contributed by atoms with van der Waals surface area (Å²) in [5.74, 6) is 1.51. The molecule has 2 aliphatic rings. The fraction of sp³-hybridized carbons (Fsp3) is 0.471. The zero-order chi connectivity index (χ0) is 15.8. The Bertz CT molecular complexity index is 740. The molecule has 6 nitrogen and oxygen atoms in total. The molecule has 0 unspecified atom stereocenters. The van der Waals surface area contributed by atoms with Crippen molar-refractivity contribution in [3.05, 3.63) is 46.6 Å². The van der Waals surface area contributed by atoms with E-state index in [9.17, 15) is 4.79 Å². The number of hydrogen-bond acceptors (Lipinski definition) is 5. The highest BCUT2D eigenvalue weighted by atomic mass is 16.5. The van der Waals surface area contributed by atoms with Crippen LogP contribution in [0.2, 0.25) is 0 Å². The quantitative estimate of drug-likeness (QED) is 0.851. The van der Waals surface area contributed by atoms with Crippen molar-refractivity contribution in [2.75, 3.05) is 13.1 Å². The fourth-order valence-corrected chi connectivity index (χ4v) is 3.34. The molecule has 1 fully saturated rings. The van der Waals surface area contributed by atoms with Gasteiger partial charge in [0.25, 0.3) is 5.91 Å². The lowest BCUT2D eigenvalue weighted by Crippen LogP contribution is -2.39. The van der Waals surface area contributed by atoms with E-state index in [0.29, 0.717) is 31.5 Å². The summed E-state index contributed by atoms with van der Waals surface area (Å²) in [6.07, 6.45) is 1.94. The summed E-state index contributed by atoms with van der Waals surface area (Å²) < 4.78 is 10.5. The monoisotopic (exact) mass is 313 g/mol. The molecule has 6 heteroatoms. The van der Waals surface area contributed by atoms with Gasteiger partial charge in [-0.1, -0.05) is 11.2 Å². The van der Waals surface area contributed by atoms with Crippen molar-refractivity contribution in [1.29, 1.82) is 0 Å². The first-order valence-electron chi connectivity index (χ1n) is 8.00. The van der Waals surface area contributed by atoms with Crippen LogP contribution in [0.4, 0.5) is 0 Å². The molecule has 3 heterocycles. The van der Waals surface area contributed by atoms with E-state index in [-0.39, 0.29) is 11.8 Å². The second kappa shape index (κ2) is 5.77. The van der Waals surface area contributed by atoms with Crippen molar-refractivity contribution in [2.45, 2.75) is 38.9 Å². The minimum Gasteiger partial charge on any atom is -0.372 e. The first kappa shape index (κ1) is 14.4. The van der Waals surface area contributed by atoms with Gasteiger partial charge in [0.1, 0.15) is 0 Å². The summed E-state index contributed by atoms with van der Waals surface area (Å²) in [7, 11) is 0. The summed E-state index contributed by atoms with van der Waals surface area (Å²) in [5, 5.41) is 4.01. The van der Waals surface area contributed by atoms with Gasteiger partial charge >= 0.3 is 0 Å². The molecule has 2 aromatic rings. The minimum absolute atomic E-state index is 0.0737. The molecule has 1 aromatic heterocycles. The van der Waals surface area contributed by atoms with Crippen molar-refractivity contribution >= 4 is 5.91 Å². The van der Waals surface area contributed by atoms with Gasteiger partial charge in [0.05, 0.1) is 13.2 Å². The number of rotatable bonds is 2. The van der Waals surface area contributed by atoms with E-state index in [1.807, 2.05) is 23.1 Å². The predicted octanol–water partition coefficient (Wildman–Crippen LogP) is 2.43. The first-order chi connectivity index (χ1) is 11.2. The zero-order valence-electron chi connectivity index (χ0n) is 13.1. The number of amides is 1. The molecule has 0 bridgehead atoms. The number of fused-ring (bicyclic) bond motifs is 1. The Hall–Kier alpha value is -2.21. The Kier molecular flexibility index (Phi) is 3.61. The fourth-order valence-electron chi connectivity index (χ4n) is 3.34. The molecule has 23 heavy (non-hydrogen) atoms. The molecule has 1 aromatic carbocycles. The third-order valence-corrected chi connectivity index (χ3v) is 4.59. The van der Waals surface area contributed by atoms with Crippen LogP contribution >= 0.6 is 0 Å². The van der Waals surface area contributed by atoms with Crippen molar-refractivity contribution in [2.24, 2.45) is 0 Å². The van der Waals surface area contributed by atoms with Crippen LogP contribution in [0.3, 0.4) is 0 Å². The number of aryl methyl sites for hydroxylation is 1. The van der Waals surface area contributed by atoms with Gasteiger partial charge in [0.2, 0.25) is 5.89 Å². The van der Waals surface area contributed by atoms with Crippen LogP contribution in [0.5, 0.6) is 0 Å². The number of nitrogens with zero attached hydrogens (tertiary/aromatic N) is 3. The van der Waals surface area contributed by atoms with Gasteiger partial charge in [0, 0.05) is 31.5 Å². The normalized spacial score (nSPS) is 20.6.